The number of hydrazone groups is 1. The van der Waals surface area contributed by atoms with Gasteiger partial charge in [-0.15, -0.1) is 0 Å². The van der Waals surface area contributed by atoms with Crippen molar-refractivity contribution in [1.29, 1.82) is 0 Å². The van der Waals surface area contributed by atoms with Crippen molar-refractivity contribution >= 4 is 11.6 Å². The minimum Gasteiger partial charge on any atom is -0.508 e. The van der Waals surface area contributed by atoms with Gasteiger partial charge in [-0.05, 0) is 48.5 Å². The lowest BCUT2D eigenvalue weighted by Crippen LogP contribution is -2.24. The van der Waals surface area contributed by atoms with Crippen molar-refractivity contribution in [2.75, 3.05) is 7.11 Å². The van der Waals surface area contributed by atoms with Gasteiger partial charge >= 0.3 is 0 Å². The van der Waals surface area contributed by atoms with E-state index in [-0.39, 0.29) is 17.7 Å². The highest BCUT2D eigenvalue weighted by Crippen LogP contribution is 2.38. The third-order valence-corrected chi connectivity index (χ3v) is 5.90. The van der Waals surface area contributed by atoms with Crippen LogP contribution in [0.3, 0.4) is 0 Å². The second-order valence-electron chi connectivity index (χ2n) is 8.12. The minimum absolute atomic E-state index is 0.159. The third kappa shape index (κ3) is 4.03. The summed E-state index contributed by atoms with van der Waals surface area (Å²) in [5, 5.41) is 21.0. The Morgan fingerprint density at radius 1 is 1.00 bits per heavy atom. The zero-order valence-electron chi connectivity index (χ0n) is 18.9. The molecule has 7 heteroatoms. The molecule has 5 rings (SSSR count). The van der Waals surface area contributed by atoms with Crippen LogP contribution in [-0.4, -0.2) is 38.6 Å². The van der Waals surface area contributed by atoms with Gasteiger partial charge in [-0.3, -0.25) is 4.79 Å². The van der Waals surface area contributed by atoms with Crippen LogP contribution in [0.4, 0.5) is 0 Å². The molecule has 0 spiro atoms. The summed E-state index contributed by atoms with van der Waals surface area (Å²) < 4.78 is 7.15. The molecule has 1 aromatic heterocycles. The number of hydrogen-bond acceptors (Lipinski definition) is 5. The number of nitrogens with zero attached hydrogens (tertiary/aromatic N) is 4. The maximum atomic E-state index is 12.6. The Kier molecular flexibility index (Phi) is 5.59. The Hall–Kier alpha value is -4.39. The Bertz CT molecular complexity index is 1360. The van der Waals surface area contributed by atoms with Gasteiger partial charge in [-0.1, -0.05) is 30.3 Å². The smallest absolute Gasteiger partial charge is 0.240 e. The van der Waals surface area contributed by atoms with Crippen LogP contribution in [0.15, 0.2) is 90.2 Å². The average Bonchev–Trinajstić information content (AvgIpc) is 3.50. The van der Waals surface area contributed by atoms with E-state index in [0.29, 0.717) is 6.42 Å². The number of benzene rings is 3. The number of carbonyl (C=O) groups excluding carboxylic acids is 1. The van der Waals surface area contributed by atoms with E-state index >= 15 is 0 Å². The number of methoxy groups -OCH3 is 1. The van der Waals surface area contributed by atoms with E-state index < -0.39 is 0 Å². The Balaban J connectivity index is 1.61. The fourth-order valence-corrected chi connectivity index (χ4v) is 4.22. The van der Waals surface area contributed by atoms with E-state index in [1.807, 2.05) is 71.5 Å². The van der Waals surface area contributed by atoms with Crippen molar-refractivity contribution in [2.24, 2.45) is 5.10 Å². The van der Waals surface area contributed by atoms with Crippen LogP contribution in [0.25, 0.3) is 16.9 Å². The first kappa shape index (κ1) is 21.5. The molecule has 0 saturated carbocycles. The zero-order valence-corrected chi connectivity index (χ0v) is 18.9. The summed E-state index contributed by atoms with van der Waals surface area (Å²) in [7, 11) is 1.63. The summed E-state index contributed by atoms with van der Waals surface area (Å²) in [6.45, 7) is 1.51. The van der Waals surface area contributed by atoms with E-state index in [1.54, 1.807) is 25.3 Å². The highest BCUT2D eigenvalue weighted by Gasteiger charge is 2.34. The van der Waals surface area contributed by atoms with Gasteiger partial charge in [0, 0.05) is 36.2 Å². The van der Waals surface area contributed by atoms with Gasteiger partial charge in [-0.2, -0.15) is 10.2 Å². The molecule has 170 valence electrons. The molecule has 3 aromatic carbocycles. The van der Waals surface area contributed by atoms with Crippen LogP contribution >= 0.6 is 0 Å². The van der Waals surface area contributed by atoms with Crippen LogP contribution in [0.2, 0.25) is 0 Å². The van der Waals surface area contributed by atoms with Gasteiger partial charge < -0.3 is 9.84 Å². The van der Waals surface area contributed by atoms with Crippen molar-refractivity contribution in [3.8, 4) is 28.4 Å². The summed E-state index contributed by atoms with van der Waals surface area (Å²) in [6, 6.07) is 24.2. The summed E-state index contributed by atoms with van der Waals surface area (Å²) in [6.07, 6.45) is 2.48. The van der Waals surface area contributed by atoms with Crippen LogP contribution in [0, 0.1) is 0 Å². The lowest BCUT2D eigenvalue weighted by Gasteiger charge is -2.20. The summed E-state index contributed by atoms with van der Waals surface area (Å²) in [5.41, 5.74) is 5.03. The molecule has 0 fully saturated rings. The lowest BCUT2D eigenvalue weighted by atomic mass is 9.96. The van der Waals surface area contributed by atoms with E-state index in [1.165, 1.54) is 11.9 Å². The maximum Gasteiger partial charge on any atom is 0.240 e. The first-order valence-electron chi connectivity index (χ1n) is 11.0. The van der Waals surface area contributed by atoms with Gasteiger partial charge in [0.15, 0.2) is 0 Å². The van der Waals surface area contributed by atoms with Crippen molar-refractivity contribution in [3.63, 3.8) is 0 Å². The van der Waals surface area contributed by atoms with Crippen LogP contribution in [0.1, 0.15) is 30.5 Å². The summed E-state index contributed by atoms with van der Waals surface area (Å²) in [5.74, 6) is 0.760. The number of hydrogen-bond donors (Lipinski definition) is 1. The van der Waals surface area contributed by atoms with Gasteiger partial charge in [0.05, 0.1) is 30.2 Å². The van der Waals surface area contributed by atoms with Crippen LogP contribution in [-0.2, 0) is 4.79 Å². The number of phenolic OH excluding ortho intramolecular Hbond substituents is 1. The molecule has 34 heavy (non-hydrogen) atoms. The molecule has 2 heterocycles. The average molecular weight is 453 g/mol. The highest BCUT2D eigenvalue weighted by molar-refractivity contribution is 6.03. The molecule has 1 aliphatic rings. The fraction of sp³-hybridized carbons (Fsp3) is 0.148. The number of para-hydroxylation sites is 1. The number of carbonyl (C=O) groups is 1. The van der Waals surface area contributed by atoms with Gasteiger partial charge in [0.2, 0.25) is 5.91 Å². The SMILES string of the molecule is COc1ccc(-c2nn(-c3ccccc3)cc2[C@@H]2CC(c3cccc(O)c3)=NN2C(C)=O)cc1. The van der Waals surface area contributed by atoms with Gasteiger partial charge in [0.25, 0.3) is 0 Å². The second kappa shape index (κ2) is 8.86. The largest absolute Gasteiger partial charge is 0.508 e. The molecule has 0 radical (unpaired) electrons. The van der Waals surface area contributed by atoms with Crippen molar-refractivity contribution in [3.05, 3.63) is 96.2 Å². The fourth-order valence-electron chi connectivity index (χ4n) is 4.22. The van der Waals surface area contributed by atoms with E-state index in [2.05, 4.69) is 5.10 Å². The molecule has 0 unspecified atom stereocenters. The number of aromatic hydroxyl groups is 1. The third-order valence-electron chi connectivity index (χ3n) is 5.90. The summed E-state index contributed by atoms with van der Waals surface area (Å²) in [4.78, 5) is 12.6. The molecule has 0 bridgehead atoms. The number of rotatable bonds is 5. The molecular formula is C27H24N4O3. The van der Waals surface area contributed by atoms with E-state index in [0.717, 1.165) is 39.5 Å². The van der Waals surface area contributed by atoms with E-state index in [9.17, 15) is 9.90 Å². The Morgan fingerprint density at radius 3 is 2.44 bits per heavy atom. The highest BCUT2D eigenvalue weighted by atomic mass is 16.5. The first-order chi connectivity index (χ1) is 16.5. The quantitative estimate of drug-likeness (QED) is 0.465. The van der Waals surface area contributed by atoms with Crippen LogP contribution < -0.4 is 4.74 Å². The Labute approximate surface area is 197 Å². The molecule has 1 atom stereocenters. The monoisotopic (exact) mass is 452 g/mol. The molecule has 7 nitrogen and oxygen atoms in total. The van der Waals surface area contributed by atoms with Crippen molar-refractivity contribution in [1.82, 2.24) is 14.8 Å². The molecule has 0 aliphatic carbocycles. The number of amides is 1. The number of phenols is 1. The standard InChI is InChI=1S/C27H24N4O3/c1-18(32)31-26(16-25(28-31)20-7-6-10-22(33)15-20)24-17-30(21-8-4-3-5-9-21)29-27(24)19-11-13-23(34-2)14-12-19/h3-15,17,26,33H,16H2,1-2H3/t26-/m0/s1. The first-order valence-corrected chi connectivity index (χ1v) is 11.0. The number of aromatic nitrogens is 2. The molecule has 1 aliphatic heterocycles. The summed E-state index contributed by atoms with van der Waals surface area (Å²) >= 11 is 0. The molecule has 1 N–H and O–H groups in total. The topological polar surface area (TPSA) is 80.0 Å². The molecule has 0 saturated heterocycles. The van der Waals surface area contributed by atoms with Crippen molar-refractivity contribution in [2.45, 2.75) is 19.4 Å². The zero-order chi connectivity index (χ0) is 23.7. The molecule has 1 amide bonds. The molecule has 4 aromatic rings. The normalized spacial score (nSPS) is 15.3. The van der Waals surface area contributed by atoms with E-state index in [4.69, 9.17) is 9.84 Å². The van der Waals surface area contributed by atoms with Gasteiger partial charge in [0.1, 0.15) is 11.5 Å². The predicted molar refractivity (Wildman–Crippen MR) is 130 cm³/mol. The van der Waals surface area contributed by atoms with Crippen LogP contribution in [0.5, 0.6) is 11.5 Å². The second-order valence-corrected chi connectivity index (χ2v) is 8.12. The predicted octanol–water partition coefficient (Wildman–Crippen LogP) is 4.95. The van der Waals surface area contributed by atoms with Gasteiger partial charge in [-0.25, -0.2) is 9.69 Å². The van der Waals surface area contributed by atoms with Crippen molar-refractivity contribution < 1.29 is 14.6 Å². The molecular weight excluding hydrogens is 428 g/mol. The number of ether oxygens (including phenoxy) is 1. The lowest BCUT2D eigenvalue weighted by molar-refractivity contribution is -0.130. The minimum atomic E-state index is -0.329. The Morgan fingerprint density at radius 2 is 1.76 bits per heavy atom. The maximum absolute atomic E-state index is 12.6.